The van der Waals surface area contributed by atoms with Crippen molar-refractivity contribution in [3.05, 3.63) is 59.2 Å². The lowest BCUT2D eigenvalue weighted by Gasteiger charge is -2.30. The molecule has 0 amide bonds. The van der Waals surface area contributed by atoms with Gasteiger partial charge in [0.05, 0.1) is 13.2 Å². The zero-order chi connectivity index (χ0) is 21.6. The Kier molecular flexibility index (Phi) is 7.58. The predicted molar refractivity (Wildman–Crippen MR) is 108 cm³/mol. The van der Waals surface area contributed by atoms with Crippen molar-refractivity contribution in [1.29, 1.82) is 0 Å². The van der Waals surface area contributed by atoms with Crippen molar-refractivity contribution in [3.63, 3.8) is 0 Å². The van der Waals surface area contributed by atoms with E-state index < -0.39 is 18.9 Å². The van der Waals surface area contributed by atoms with E-state index in [1.165, 1.54) is 24.3 Å². The van der Waals surface area contributed by atoms with Crippen LogP contribution >= 0.6 is 0 Å². The number of hydrogen-bond acceptors (Lipinski definition) is 5. The van der Waals surface area contributed by atoms with Crippen LogP contribution in [0.5, 0.6) is 11.5 Å². The van der Waals surface area contributed by atoms with Crippen molar-refractivity contribution < 1.29 is 27.8 Å². The maximum absolute atomic E-state index is 12.3. The van der Waals surface area contributed by atoms with E-state index >= 15 is 0 Å². The standard InChI is InChI=1S/C22H27F3N2O3/c1-29-21-10-16(6-7-20(21)30-15-22(23,24)25)11-26-12-19(28)14-27-9-8-17-4-2-3-5-18(17)13-27/h2-7,10,19,26,28H,8-9,11-15H2,1H3. The average Bonchev–Trinajstić information content (AvgIpc) is 2.72. The number of alkyl halides is 3. The first-order valence-corrected chi connectivity index (χ1v) is 9.88. The van der Waals surface area contributed by atoms with Crippen molar-refractivity contribution in [2.24, 2.45) is 0 Å². The van der Waals surface area contributed by atoms with Gasteiger partial charge in [0.25, 0.3) is 0 Å². The number of aliphatic hydroxyl groups is 1. The zero-order valence-electron chi connectivity index (χ0n) is 16.9. The minimum absolute atomic E-state index is 0.0454. The van der Waals surface area contributed by atoms with E-state index in [0.29, 0.717) is 19.6 Å². The third-order valence-electron chi connectivity index (χ3n) is 5.01. The number of benzene rings is 2. The van der Waals surface area contributed by atoms with Crippen LogP contribution in [0.25, 0.3) is 0 Å². The largest absolute Gasteiger partial charge is 0.493 e. The summed E-state index contributed by atoms with van der Waals surface area (Å²) in [6, 6.07) is 13.1. The molecule has 0 fully saturated rings. The molecule has 0 bridgehead atoms. The smallest absolute Gasteiger partial charge is 0.422 e. The number of ether oxygens (including phenoxy) is 2. The number of fused-ring (bicyclic) bond motifs is 1. The Hall–Kier alpha value is -2.29. The first-order valence-electron chi connectivity index (χ1n) is 9.88. The van der Waals surface area contributed by atoms with E-state index in [-0.39, 0.29) is 11.5 Å². The molecule has 5 nitrogen and oxygen atoms in total. The van der Waals surface area contributed by atoms with Crippen LogP contribution in [0.2, 0.25) is 0 Å². The number of halogens is 3. The molecule has 1 atom stereocenters. The minimum atomic E-state index is -4.40. The van der Waals surface area contributed by atoms with Gasteiger partial charge in [-0.1, -0.05) is 30.3 Å². The number of hydrogen-bond donors (Lipinski definition) is 2. The summed E-state index contributed by atoms with van der Waals surface area (Å²) in [4.78, 5) is 2.24. The highest BCUT2D eigenvalue weighted by molar-refractivity contribution is 5.43. The lowest BCUT2D eigenvalue weighted by Crippen LogP contribution is -2.40. The minimum Gasteiger partial charge on any atom is -0.493 e. The van der Waals surface area contributed by atoms with Gasteiger partial charge < -0.3 is 19.9 Å². The molecule has 164 valence electrons. The Labute approximate surface area is 174 Å². The average molecular weight is 424 g/mol. The van der Waals surface area contributed by atoms with Crippen LogP contribution in [0, 0.1) is 0 Å². The summed E-state index contributed by atoms with van der Waals surface area (Å²) in [5.41, 5.74) is 3.51. The Morgan fingerprint density at radius 3 is 2.63 bits per heavy atom. The van der Waals surface area contributed by atoms with Crippen LogP contribution in [-0.2, 0) is 19.5 Å². The molecule has 8 heteroatoms. The molecule has 1 aliphatic heterocycles. The second kappa shape index (κ2) is 10.1. The summed E-state index contributed by atoms with van der Waals surface area (Å²) < 4.78 is 46.9. The predicted octanol–water partition coefficient (Wildman–Crippen LogP) is 3.15. The van der Waals surface area contributed by atoms with E-state index in [1.54, 1.807) is 12.1 Å². The van der Waals surface area contributed by atoms with Crippen LogP contribution in [-0.4, -0.2) is 55.6 Å². The van der Waals surface area contributed by atoms with E-state index in [4.69, 9.17) is 9.47 Å². The molecule has 1 unspecified atom stereocenters. The van der Waals surface area contributed by atoms with E-state index in [2.05, 4.69) is 28.4 Å². The van der Waals surface area contributed by atoms with Gasteiger partial charge in [-0.15, -0.1) is 0 Å². The summed E-state index contributed by atoms with van der Waals surface area (Å²) in [6.07, 6.45) is -3.94. The summed E-state index contributed by atoms with van der Waals surface area (Å²) in [7, 11) is 1.38. The van der Waals surface area contributed by atoms with Crippen LogP contribution in [0.3, 0.4) is 0 Å². The Morgan fingerprint density at radius 1 is 1.13 bits per heavy atom. The zero-order valence-corrected chi connectivity index (χ0v) is 16.9. The lowest BCUT2D eigenvalue weighted by atomic mass is 10.00. The van der Waals surface area contributed by atoms with Gasteiger partial charge in [-0.05, 0) is 35.2 Å². The summed E-state index contributed by atoms with van der Waals surface area (Å²) in [6.45, 7) is 1.83. The molecule has 0 saturated heterocycles. The van der Waals surface area contributed by atoms with Gasteiger partial charge in [-0.3, -0.25) is 4.90 Å². The topological polar surface area (TPSA) is 54.0 Å². The molecule has 1 heterocycles. The molecule has 2 aromatic carbocycles. The fourth-order valence-corrected chi connectivity index (χ4v) is 3.56. The lowest BCUT2D eigenvalue weighted by molar-refractivity contribution is -0.153. The number of nitrogens with zero attached hydrogens (tertiary/aromatic N) is 1. The Bertz CT molecular complexity index is 830. The molecule has 0 spiro atoms. The van der Waals surface area contributed by atoms with E-state index in [0.717, 1.165) is 25.1 Å². The third kappa shape index (κ3) is 6.62. The van der Waals surface area contributed by atoms with E-state index in [9.17, 15) is 18.3 Å². The molecule has 1 aliphatic rings. The van der Waals surface area contributed by atoms with Crippen molar-refractivity contribution in [3.8, 4) is 11.5 Å². The quantitative estimate of drug-likeness (QED) is 0.648. The highest BCUT2D eigenvalue weighted by Crippen LogP contribution is 2.29. The van der Waals surface area contributed by atoms with E-state index in [1.807, 2.05) is 6.07 Å². The van der Waals surface area contributed by atoms with Crippen LogP contribution in [0.1, 0.15) is 16.7 Å². The molecule has 2 aromatic rings. The molecular weight excluding hydrogens is 397 g/mol. The first kappa shape index (κ1) is 22.4. The normalized spacial score (nSPS) is 15.5. The van der Waals surface area contributed by atoms with Gasteiger partial charge in [0.2, 0.25) is 0 Å². The van der Waals surface area contributed by atoms with Gasteiger partial charge in [0.15, 0.2) is 18.1 Å². The molecule has 0 aromatic heterocycles. The SMILES string of the molecule is COc1cc(CNCC(O)CN2CCc3ccccc3C2)ccc1OCC(F)(F)F. The molecule has 3 rings (SSSR count). The second-order valence-corrected chi connectivity index (χ2v) is 7.43. The third-order valence-corrected chi connectivity index (χ3v) is 5.01. The van der Waals surface area contributed by atoms with Crippen LogP contribution in [0.4, 0.5) is 13.2 Å². The highest BCUT2D eigenvalue weighted by atomic mass is 19.4. The van der Waals surface area contributed by atoms with Crippen molar-refractivity contribution in [2.75, 3.05) is 33.4 Å². The van der Waals surface area contributed by atoms with Crippen molar-refractivity contribution in [2.45, 2.75) is 31.8 Å². The second-order valence-electron chi connectivity index (χ2n) is 7.43. The van der Waals surface area contributed by atoms with Crippen LogP contribution in [0.15, 0.2) is 42.5 Å². The summed E-state index contributed by atoms with van der Waals surface area (Å²) in [5, 5.41) is 13.5. The van der Waals surface area contributed by atoms with Crippen molar-refractivity contribution in [1.82, 2.24) is 10.2 Å². The summed E-state index contributed by atoms with van der Waals surface area (Å²) >= 11 is 0. The Morgan fingerprint density at radius 2 is 1.90 bits per heavy atom. The van der Waals surface area contributed by atoms with Crippen molar-refractivity contribution >= 4 is 0 Å². The van der Waals surface area contributed by atoms with Gasteiger partial charge in [0, 0.05) is 32.7 Å². The van der Waals surface area contributed by atoms with Gasteiger partial charge >= 0.3 is 6.18 Å². The maximum atomic E-state index is 12.3. The number of aliphatic hydroxyl groups excluding tert-OH is 1. The molecular formula is C22H27F3N2O3. The molecule has 0 radical (unpaired) electrons. The number of rotatable bonds is 9. The molecule has 0 aliphatic carbocycles. The Balaban J connectivity index is 1.44. The van der Waals surface area contributed by atoms with Gasteiger partial charge in [-0.25, -0.2) is 0 Å². The fraction of sp³-hybridized carbons (Fsp3) is 0.455. The highest BCUT2D eigenvalue weighted by Gasteiger charge is 2.29. The molecule has 30 heavy (non-hydrogen) atoms. The van der Waals surface area contributed by atoms with Gasteiger partial charge in [-0.2, -0.15) is 13.2 Å². The number of β-amino-alcohol motifs (C(OH)–C–C–N with tert-alkyl or cyclic N) is 1. The molecule has 2 N–H and O–H groups in total. The molecule has 0 saturated carbocycles. The fourth-order valence-electron chi connectivity index (χ4n) is 3.56. The number of methoxy groups -OCH3 is 1. The monoisotopic (exact) mass is 424 g/mol. The van der Waals surface area contributed by atoms with Gasteiger partial charge in [0.1, 0.15) is 0 Å². The first-order chi connectivity index (χ1) is 14.3. The van der Waals surface area contributed by atoms with Crippen LogP contribution < -0.4 is 14.8 Å². The summed E-state index contributed by atoms with van der Waals surface area (Å²) in [5.74, 6) is 0.287. The maximum Gasteiger partial charge on any atom is 0.422 e. The number of nitrogens with one attached hydrogen (secondary N) is 1.